The molecule has 0 aromatic heterocycles. The molecule has 0 aliphatic carbocycles. The predicted molar refractivity (Wildman–Crippen MR) is 67.5 cm³/mol. The summed E-state index contributed by atoms with van der Waals surface area (Å²) in [5.41, 5.74) is 1.84. The number of fused-ring (bicyclic) bond motifs is 1. The van der Waals surface area contributed by atoms with Crippen LogP contribution >= 0.6 is 0 Å². The van der Waals surface area contributed by atoms with Gasteiger partial charge in [-0.1, -0.05) is 25.1 Å². The lowest BCUT2D eigenvalue weighted by Crippen LogP contribution is -2.40. The van der Waals surface area contributed by atoms with Gasteiger partial charge in [0.1, 0.15) is 0 Å². The van der Waals surface area contributed by atoms with E-state index in [1.54, 1.807) is 4.90 Å². The van der Waals surface area contributed by atoms with Crippen LogP contribution in [-0.2, 0) is 11.2 Å². The van der Waals surface area contributed by atoms with E-state index in [1.807, 2.05) is 31.2 Å². The third kappa shape index (κ3) is 2.70. The average Bonchev–Trinajstić information content (AvgIpc) is 2.32. The summed E-state index contributed by atoms with van der Waals surface area (Å²) in [5, 5.41) is 8.73. The maximum atomic E-state index is 12.2. The van der Waals surface area contributed by atoms with Gasteiger partial charge >= 0.3 is 5.97 Å². The zero-order valence-corrected chi connectivity index (χ0v) is 10.4. The van der Waals surface area contributed by atoms with Gasteiger partial charge in [-0.05, 0) is 24.0 Å². The van der Waals surface area contributed by atoms with Crippen LogP contribution < -0.4 is 0 Å². The van der Waals surface area contributed by atoms with Crippen molar-refractivity contribution in [1.29, 1.82) is 0 Å². The molecular formula is C14H17NO3. The standard InChI is InChI=1S/C14H17NO3/c1-10(8-13(16)17)9-15-7-6-11-4-2-3-5-12(11)14(15)18/h2-5,10H,6-9H2,1H3,(H,16,17). The van der Waals surface area contributed by atoms with Crippen LogP contribution in [0.3, 0.4) is 0 Å². The Morgan fingerprint density at radius 2 is 2.17 bits per heavy atom. The number of carboxylic acids is 1. The van der Waals surface area contributed by atoms with E-state index >= 15 is 0 Å². The minimum atomic E-state index is -0.813. The maximum Gasteiger partial charge on any atom is 0.303 e. The van der Waals surface area contributed by atoms with E-state index in [2.05, 4.69) is 0 Å². The van der Waals surface area contributed by atoms with Crippen LogP contribution in [0.5, 0.6) is 0 Å². The fraction of sp³-hybridized carbons (Fsp3) is 0.429. The van der Waals surface area contributed by atoms with Crippen LogP contribution in [0.25, 0.3) is 0 Å². The van der Waals surface area contributed by atoms with E-state index < -0.39 is 5.97 Å². The van der Waals surface area contributed by atoms with E-state index in [-0.39, 0.29) is 18.2 Å². The molecule has 1 aromatic carbocycles. The minimum Gasteiger partial charge on any atom is -0.481 e. The molecule has 0 fully saturated rings. The van der Waals surface area contributed by atoms with E-state index in [0.29, 0.717) is 13.1 Å². The van der Waals surface area contributed by atoms with Gasteiger partial charge in [-0.25, -0.2) is 0 Å². The van der Waals surface area contributed by atoms with Crippen LogP contribution in [0.15, 0.2) is 24.3 Å². The molecule has 0 radical (unpaired) electrons. The zero-order valence-electron chi connectivity index (χ0n) is 10.4. The highest BCUT2D eigenvalue weighted by Gasteiger charge is 2.25. The van der Waals surface area contributed by atoms with E-state index in [0.717, 1.165) is 17.5 Å². The molecule has 4 heteroatoms. The zero-order chi connectivity index (χ0) is 13.1. The van der Waals surface area contributed by atoms with E-state index in [9.17, 15) is 9.59 Å². The largest absolute Gasteiger partial charge is 0.481 e. The number of aliphatic carboxylic acids is 1. The number of hydrogen-bond donors (Lipinski definition) is 1. The molecule has 0 saturated carbocycles. The topological polar surface area (TPSA) is 57.6 Å². The van der Waals surface area contributed by atoms with Gasteiger partial charge in [0.05, 0.1) is 0 Å². The number of carbonyl (C=O) groups is 2. The van der Waals surface area contributed by atoms with Crippen molar-refractivity contribution in [3.8, 4) is 0 Å². The first-order chi connectivity index (χ1) is 8.58. The van der Waals surface area contributed by atoms with Crippen LogP contribution in [0.2, 0.25) is 0 Å². The molecule has 1 aliphatic heterocycles. The highest BCUT2D eigenvalue weighted by molar-refractivity contribution is 5.96. The molecule has 1 amide bonds. The Kier molecular flexibility index (Phi) is 3.65. The first-order valence-electron chi connectivity index (χ1n) is 6.17. The van der Waals surface area contributed by atoms with Gasteiger partial charge in [0.2, 0.25) is 0 Å². The fourth-order valence-corrected chi connectivity index (χ4v) is 2.39. The number of amides is 1. The third-order valence-corrected chi connectivity index (χ3v) is 3.24. The lowest BCUT2D eigenvalue weighted by atomic mass is 9.97. The number of carboxylic acid groups (broad SMARTS) is 1. The summed E-state index contributed by atoms with van der Waals surface area (Å²) in [6, 6.07) is 7.62. The second-order valence-electron chi connectivity index (χ2n) is 4.86. The van der Waals surface area contributed by atoms with Crippen molar-refractivity contribution in [2.45, 2.75) is 19.8 Å². The van der Waals surface area contributed by atoms with Crippen LogP contribution in [0, 0.1) is 5.92 Å². The molecule has 96 valence electrons. The predicted octanol–water partition coefficient (Wildman–Crippen LogP) is 1.80. The van der Waals surface area contributed by atoms with Gasteiger partial charge in [0.15, 0.2) is 0 Å². The van der Waals surface area contributed by atoms with Crippen molar-refractivity contribution in [2.24, 2.45) is 5.92 Å². The number of rotatable bonds is 4. The second kappa shape index (κ2) is 5.21. The Labute approximate surface area is 106 Å². The summed E-state index contributed by atoms with van der Waals surface area (Å²) in [4.78, 5) is 24.6. The molecule has 1 heterocycles. The lowest BCUT2D eigenvalue weighted by molar-refractivity contribution is -0.138. The van der Waals surface area contributed by atoms with Gasteiger partial charge < -0.3 is 10.0 Å². The molecule has 1 atom stereocenters. The van der Waals surface area contributed by atoms with Gasteiger partial charge in [-0.3, -0.25) is 9.59 Å². The fourth-order valence-electron chi connectivity index (χ4n) is 2.39. The van der Waals surface area contributed by atoms with Gasteiger partial charge in [0, 0.05) is 25.1 Å². The van der Waals surface area contributed by atoms with Gasteiger partial charge in [-0.15, -0.1) is 0 Å². The third-order valence-electron chi connectivity index (χ3n) is 3.24. The molecule has 0 bridgehead atoms. The Balaban J connectivity index is 2.05. The quantitative estimate of drug-likeness (QED) is 0.882. The second-order valence-corrected chi connectivity index (χ2v) is 4.86. The summed E-state index contributed by atoms with van der Waals surface area (Å²) in [6.45, 7) is 3.06. The van der Waals surface area contributed by atoms with Crippen molar-refractivity contribution in [3.05, 3.63) is 35.4 Å². The molecule has 1 N–H and O–H groups in total. The first-order valence-corrected chi connectivity index (χ1v) is 6.17. The molecular weight excluding hydrogens is 230 g/mol. The molecule has 1 aromatic rings. The number of carbonyl (C=O) groups excluding carboxylic acids is 1. The van der Waals surface area contributed by atoms with Crippen LogP contribution in [0.4, 0.5) is 0 Å². The summed E-state index contributed by atoms with van der Waals surface area (Å²) in [7, 11) is 0. The Morgan fingerprint density at radius 1 is 1.44 bits per heavy atom. The molecule has 0 saturated heterocycles. The first kappa shape index (κ1) is 12.6. The molecule has 1 unspecified atom stereocenters. The average molecular weight is 247 g/mol. The van der Waals surface area contributed by atoms with Crippen molar-refractivity contribution in [3.63, 3.8) is 0 Å². The SMILES string of the molecule is CC(CC(=O)O)CN1CCc2ccccc2C1=O. The van der Waals surface area contributed by atoms with Crippen molar-refractivity contribution in [1.82, 2.24) is 4.90 Å². The van der Waals surface area contributed by atoms with Crippen molar-refractivity contribution >= 4 is 11.9 Å². The lowest BCUT2D eigenvalue weighted by Gasteiger charge is -2.30. The number of benzene rings is 1. The summed E-state index contributed by atoms with van der Waals surface area (Å²) < 4.78 is 0. The highest BCUT2D eigenvalue weighted by Crippen LogP contribution is 2.20. The normalized spacial score (nSPS) is 16.3. The summed E-state index contributed by atoms with van der Waals surface area (Å²) in [6.07, 6.45) is 0.952. The molecule has 2 rings (SSSR count). The van der Waals surface area contributed by atoms with Crippen LogP contribution in [0.1, 0.15) is 29.3 Å². The van der Waals surface area contributed by atoms with Crippen LogP contribution in [-0.4, -0.2) is 35.0 Å². The Hall–Kier alpha value is -1.84. The molecule has 0 spiro atoms. The smallest absolute Gasteiger partial charge is 0.303 e. The van der Waals surface area contributed by atoms with E-state index in [1.165, 1.54) is 0 Å². The highest BCUT2D eigenvalue weighted by atomic mass is 16.4. The van der Waals surface area contributed by atoms with Crippen molar-refractivity contribution in [2.75, 3.05) is 13.1 Å². The minimum absolute atomic E-state index is 0.0169. The number of nitrogens with zero attached hydrogens (tertiary/aromatic N) is 1. The summed E-state index contributed by atoms with van der Waals surface area (Å²) >= 11 is 0. The Morgan fingerprint density at radius 3 is 2.89 bits per heavy atom. The molecule has 4 nitrogen and oxygen atoms in total. The van der Waals surface area contributed by atoms with Crippen molar-refractivity contribution < 1.29 is 14.7 Å². The monoisotopic (exact) mass is 247 g/mol. The maximum absolute atomic E-state index is 12.2. The summed E-state index contributed by atoms with van der Waals surface area (Å²) in [5.74, 6) is -0.807. The molecule has 1 aliphatic rings. The van der Waals surface area contributed by atoms with Gasteiger partial charge in [-0.2, -0.15) is 0 Å². The number of hydrogen-bond acceptors (Lipinski definition) is 2. The van der Waals surface area contributed by atoms with E-state index in [4.69, 9.17) is 5.11 Å². The van der Waals surface area contributed by atoms with Gasteiger partial charge in [0.25, 0.3) is 5.91 Å². The molecule has 18 heavy (non-hydrogen) atoms. The Bertz CT molecular complexity index is 470.